The van der Waals surface area contributed by atoms with Gasteiger partial charge in [0.05, 0.1) is 6.61 Å². The molecule has 1 amide bonds. The maximum atomic E-state index is 12.6. The fraction of sp³-hybridized carbons (Fsp3) is 0.333. The molecule has 0 aliphatic heterocycles. The zero-order valence-corrected chi connectivity index (χ0v) is 17.8. The molecule has 0 aliphatic rings. The Morgan fingerprint density at radius 3 is 2.52 bits per heavy atom. The van der Waals surface area contributed by atoms with Crippen LogP contribution >= 0.6 is 0 Å². The van der Waals surface area contributed by atoms with E-state index < -0.39 is 18.2 Å². The zero-order chi connectivity index (χ0) is 22.6. The number of aryl methyl sites for hydroxylation is 1. The average Bonchev–Trinajstić information content (AvgIpc) is 2.75. The van der Waals surface area contributed by atoms with Crippen LogP contribution < -0.4 is 10.1 Å². The fourth-order valence-electron chi connectivity index (χ4n) is 3.08. The first kappa shape index (κ1) is 24.0. The number of carboxylic acids is 1. The van der Waals surface area contributed by atoms with E-state index in [1.54, 1.807) is 30.3 Å². The number of para-hydroxylation sites is 1. The van der Waals surface area contributed by atoms with E-state index in [4.69, 9.17) is 19.7 Å². The van der Waals surface area contributed by atoms with E-state index in [-0.39, 0.29) is 19.1 Å². The number of carbonyl (C=O) groups is 2. The van der Waals surface area contributed by atoms with E-state index in [2.05, 4.69) is 5.32 Å². The summed E-state index contributed by atoms with van der Waals surface area (Å²) in [5.74, 6) is -0.598. The molecule has 2 aromatic rings. The summed E-state index contributed by atoms with van der Waals surface area (Å²) in [4.78, 5) is 23.3. The molecule has 7 heteroatoms. The van der Waals surface area contributed by atoms with Gasteiger partial charge < -0.3 is 19.7 Å². The average molecular weight is 427 g/mol. The largest absolute Gasteiger partial charge is 0.491 e. The maximum absolute atomic E-state index is 12.6. The highest BCUT2D eigenvalue weighted by atomic mass is 16.6. The molecule has 166 valence electrons. The van der Waals surface area contributed by atoms with E-state index in [9.17, 15) is 9.59 Å². The summed E-state index contributed by atoms with van der Waals surface area (Å²) < 4.78 is 11.4. The number of hydrogen-bond donors (Lipinski definition) is 3. The number of ether oxygens (including phenoxy) is 2. The summed E-state index contributed by atoms with van der Waals surface area (Å²) in [5.41, 5.74) is 2.38. The van der Waals surface area contributed by atoms with Crippen LogP contribution in [0.4, 0.5) is 10.5 Å². The highest BCUT2D eigenvalue weighted by Crippen LogP contribution is 2.35. The lowest BCUT2D eigenvalue weighted by atomic mass is 9.92. The molecule has 0 saturated carbocycles. The maximum Gasteiger partial charge on any atom is 0.412 e. The van der Waals surface area contributed by atoms with Crippen molar-refractivity contribution in [3.8, 4) is 5.75 Å². The standard InChI is InChI=1S/C24H29NO6/c1-17-11-13-19(14-12-17)25-24(29)31-23(18(2)7-3-6-10-22(27)28)20-8-4-5-9-21(20)30-16-15-26/h4-6,8-14,18,23,26H,3,7,15-16H2,1-2H3,(H,25,29)(H,27,28)/b10-6+/t18-,23-/m1/s1. The predicted molar refractivity (Wildman–Crippen MR) is 118 cm³/mol. The SMILES string of the molecule is Cc1ccc(NC(=O)O[C@@H](c2ccccc2OCCO)[C@H](C)CC/C=C/C(=O)O)cc1. The summed E-state index contributed by atoms with van der Waals surface area (Å²) in [5, 5.41) is 20.6. The second-order valence-electron chi connectivity index (χ2n) is 7.22. The van der Waals surface area contributed by atoms with E-state index in [0.717, 1.165) is 11.6 Å². The molecule has 0 fully saturated rings. The summed E-state index contributed by atoms with van der Waals surface area (Å²) in [6, 6.07) is 14.6. The minimum atomic E-state index is -0.999. The van der Waals surface area contributed by atoms with E-state index in [1.807, 2.05) is 38.1 Å². The molecule has 0 aromatic heterocycles. The number of carboxylic acid groups (broad SMARTS) is 1. The van der Waals surface area contributed by atoms with Crippen molar-refractivity contribution in [1.29, 1.82) is 0 Å². The fourth-order valence-corrected chi connectivity index (χ4v) is 3.08. The van der Waals surface area contributed by atoms with Gasteiger partial charge in [-0.15, -0.1) is 0 Å². The quantitative estimate of drug-likeness (QED) is 0.449. The number of aliphatic hydroxyl groups excluding tert-OH is 1. The van der Waals surface area contributed by atoms with Crippen molar-refractivity contribution in [2.75, 3.05) is 18.5 Å². The zero-order valence-electron chi connectivity index (χ0n) is 17.8. The molecule has 7 nitrogen and oxygen atoms in total. The minimum absolute atomic E-state index is 0.120. The topological polar surface area (TPSA) is 105 Å². The molecule has 2 aromatic carbocycles. The molecule has 3 N–H and O–H groups in total. The van der Waals surface area contributed by atoms with Gasteiger partial charge in [-0.1, -0.05) is 48.9 Å². The Labute approximate surface area is 182 Å². The highest BCUT2D eigenvalue weighted by molar-refractivity contribution is 5.84. The van der Waals surface area contributed by atoms with Gasteiger partial charge in [0, 0.05) is 17.3 Å². The van der Waals surface area contributed by atoms with Crippen LogP contribution in [0.2, 0.25) is 0 Å². The van der Waals surface area contributed by atoms with Crippen LogP contribution in [0.3, 0.4) is 0 Å². The second-order valence-corrected chi connectivity index (χ2v) is 7.22. The molecule has 0 heterocycles. The van der Waals surface area contributed by atoms with Crippen LogP contribution in [0.25, 0.3) is 0 Å². The number of rotatable bonds is 11. The molecule has 0 aliphatic carbocycles. The molecular formula is C24H29NO6. The van der Waals surface area contributed by atoms with Gasteiger partial charge in [-0.2, -0.15) is 0 Å². The lowest BCUT2D eigenvalue weighted by molar-refractivity contribution is -0.131. The van der Waals surface area contributed by atoms with Crippen LogP contribution in [0.5, 0.6) is 5.75 Å². The molecule has 0 radical (unpaired) electrons. The summed E-state index contributed by atoms with van der Waals surface area (Å²) >= 11 is 0. The van der Waals surface area contributed by atoms with Crippen molar-refractivity contribution < 1.29 is 29.3 Å². The van der Waals surface area contributed by atoms with Crippen LogP contribution in [-0.2, 0) is 9.53 Å². The van der Waals surface area contributed by atoms with Crippen molar-refractivity contribution in [1.82, 2.24) is 0 Å². The number of amides is 1. The Balaban J connectivity index is 2.19. The Bertz CT molecular complexity index is 878. The molecule has 31 heavy (non-hydrogen) atoms. The first-order valence-electron chi connectivity index (χ1n) is 10.2. The van der Waals surface area contributed by atoms with E-state index in [1.165, 1.54) is 0 Å². The number of hydrogen-bond acceptors (Lipinski definition) is 5. The second kappa shape index (κ2) is 12.4. The van der Waals surface area contributed by atoms with Gasteiger partial charge in [-0.25, -0.2) is 9.59 Å². The van der Waals surface area contributed by atoms with Gasteiger partial charge in [-0.05, 0) is 43.9 Å². The van der Waals surface area contributed by atoms with Crippen molar-refractivity contribution in [2.45, 2.75) is 32.8 Å². The molecule has 2 rings (SSSR count). The third kappa shape index (κ3) is 8.14. The van der Waals surface area contributed by atoms with Gasteiger partial charge in [0.2, 0.25) is 0 Å². The van der Waals surface area contributed by atoms with Crippen LogP contribution in [-0.4, -0.2) is 35.5 Å². The third-order valence-corrected chi connectivity index (χ3v) is 4.67. The van der Waals surface area contributed by atoms with E-state index in [0.29, 0.717) is 29.8 Å². The Morgan fingerprint density at radius 2 is 1.84 bits per heavy atom. The number of aliphatic carboxylic acids is 1. The monoisotopic (exact) mass is 427 g/mol. The van der Waals surface area contributed by atoms with Crippen LogP contribution in [0.1, 0.15) is 37.0 Å². The molecule has 0 spiro atoms. The highest BCUT2D eigenvalue weighted by Gasteiger charge is 2.26. The lowest BCUT2D eigenvalue weighted by Crippen LogP contribution is -2.22. The van der Waals surface area contributed by atoms with Gasteiger partial charge in [-0.3, -0.25) is 5.32 Å². The molecule has 0 saturated heterocycles. The Morgan fingerprint density at radius 1 is 1.13 bits per heavy atom. The van der Waals surface area contributed by atoms with Crippen LogP contribution in [0, 0.1) is 12.8 Å². The normalized spacial score (nSPS) is 12.9. The van der Waals surface area contributed by atoms with Crippen LogP contribution in [0.15, 0.2) is 60.7 Å². The summed E-state index contributed by atoms with van der Waals surface area (Å²) in [6.45, 7) is 3.88. The lowest BCUT2D eigenvalue weighted by Gasteiger charge is -2.26. The first-order chi connectivity index (χ1) is 14.9. The number of anilines is 1. The first-order valence-corrected chi connectivity index (χ1v) is 10.2. The van der Waals surface area contributed by atoms with Gasteiger partial charge in [0.25, 0.3) is 0 Å². The molecule has 0 unspecified atom stereocenters. The number of benzene rings is 2. The number of aliphatic hydroxyl groups is 1. The van der Waals surface area contributed by atoms with Crippen molar-refractivity contribution in [3.63, 3.8) is 0 Å². The predicted octanol–water partition coefficient (Wildman–Crippen LogP) is 4.71. The van der Waals surface area contributed by atoms with Gasteiger partial charge in [0.15, 0.2) is 0 Å². The van der Waals surface area contributed by atoms with Gasteiger partial charge >= 0.3 is 12.1 Å². The third-order valence-electron chi connectivity index (χ3n) is 4.67. The van der Waals surface area contributed by atoms with Crippen molar-refractivity contribution >= 4 is 17.7 Å². The number of carbonyl (C=O) groups excluding carboxylic acids is 1. The smallest absolute Gasteiger partial charge is 0.412 e. The summed E-state index contributed by atoms with van der Waals surface area (Å²) in [7, 11) is 0. The van der Waals surface area contributed by atoms with Crippen molar-refractivity contribution in [3.05, 3.63) is 71.8 Å². The summed E-state index contributed by atoms with van der Waals surface area (Å²) in [6.07, 6.45) is 2.58. The molecule has 2 atom stereocenters. The number of nitrogens with one attached hydrogen (secondary N) is 1. The van der Waals surface area contributed by atoms with E-state index >= 15 is 0 Å². The minimum Gasteiger partial charge on any atom is -0.491 e. The number of allylic oxidation sites excluding steroid dienone is 1. The van der Waals surface area contributed by atoms with Crippen molar-refractivity contribution in [2.24, 2.45) is 5.92 Å². The Kier molecular flexibility index (Phi) is 9.58. The molecule has 0 bridgehead atoms. The van der Waals surface area contributed by atoms with Gasteiger partial charge in [0.1, 0.15) is 18.5 Å². The Hall–Kier alpha value is -3.32. The molecular weight excluding hydrogens is 398 g/mol.